The number of nitrogens with zero attached hydrogens (tertiary/aromatic N) is 3. The largest absolute Gasteiger partial charge is 0.209 e. The molecule has 1 aromatic rings. The molecule has 0 saturated carbocycles. The SMILES string of the molecule is C/C=C\c1nc(/C=C\C)nc(/C=C\C)n1. The molecule has 15 heavy (non-hydrogen) atoms. The Morgan fingerprint density at radius 2 is 0.867 bits per heavy atom. The summed E-state index contributed by atoms with van der Waals surface area (Å²) in [4.78, 5) is 12.8. The standard InChI is InChI=1S/C12H15N3/c1-4-7-10-13-11(8-5-2)15-12(14-10)9-6-3/h4-9H,1-3H3/b7-4-,8-5-,9-6-. The fourth-order valence-corrected chi connectivity index (χ4v) is 1.10. The van der Waals surface area contributed by atoms with E-state index < -0.39 is 0 Å². The monoisotopic (exact) mass is 201 g/mol. The van der Waals surface area contributed by atoms with Gasteiger partial charge in [0.1, 0.15) is 0 Å². The van der Waals surface area contributed by atoms with Crippen LogP contribution in [0.25, 0.3) is 18.2 Å². The van der Waals surface area contributed by atoms with Gasteiger partial charge in [-0.1, -0.05) is 18.2 Å². The Balaban J connectivity index is 3.19. The third-order valence-corrected chi connectivity index (χ3v) is 1.63. The van der Waals surface area contributed by atoms with Crippen LogP contribution in [0.15, 0.2) is 18.2 Å². The summed E-state index contributed by atoms with van der Waals surface area (Å²) in [5.74, 6) is 2.07. The van der Waals surface area contributed by atoms with Crippen molar-refractivity contribution in [2.45, 2.75) is 20.8 Å². The Hall–Kier alpha value is -1.77. The summed E-state index contributed by atoms with van der Waals surface area (Å²) in [6.07, 6.45) is 11.3. The maximum atomic E-state index is 4.27. The highest BCUT2D eigenvalue weighted by molar-refractivity contribution is 5.49. The Morgan fingerprint density at radius 3 is 1.07 bits per heavy atom. The van der Waals surface area contributed by atoms with Crippen molar-refractivity contribution in [2.75, 3.05) is 0 Å². The molecule has 0 N–H and O–H groups in total. The Bertz CT molecular complexity index is 329. The number of hydrogen-bond acceptors (Lipinski definition) is 3. The number of aromatic nitrogens is 3. The summed E-state index contributed by atoms with van der Waals surface area (Å²) < 4.78 is 0. The van der Waals surface area contributed by atoms with Crippen LogP contribution in [0, 0.1) is 0 Å². The minimum absolute atomic E-state index is 0.689. The van der Waals surface area contributed by atoms with E-state index in [0.29, 0.717) is 17.5 Å². The van der Waals surface area contributed by atoms with E-state index in [9.17, 15) is 0 Å². The van der Waals surface area contributed by atoms with Crippen molar-refractivity contribution in [3.05, 3.63) is 35.7 Å². The molecule has 0 unspecified atom stereocenters. The van der Waals surface area contributed by atoms with Gasteiger partial charge >= 0.3 is 0 Å². The van der Waals surface area contributed by atoms with Crippen LogP contribution in [0.5, 0.6) is 0 Å². The van der Waals surface area contributed by atoms with E-state index in [1.807, 2.05) is 57.2 Å². The van der Waals surface area contributed by atoms with Gasteiger partial charge in [-0.2, -0.15) is 0 Å². The lowest BCUT2D eigenvalue weighted by molar-refractivity contribution is 0.988. The minimum Gasteiger partial charge on any atom is -0.209 e. The van der Waals surface area contributed by atoms with Crippen molar-refractivity contribution in [3.8, 4) is 0 Å². The minimum atomic E-state index is 0.689. The van der Waals surface area contributed by atoms with Gasteiger partial charge in [-0.25, -0.2) is 15.0 Å². The molecule has 0 amide bonds. The highest BCUT2D eigenvalue weighted by atomic mass is 15.0. The maximum absolute atomic E-state index is 4.27. The van der Waals surface area contributed by atoms with Gasteiger partial charge in [0.25, 0.3) is 0 Å². The molecular formula is C12H15N3. The summed E-state index contributed by atoms with van der Waals surface area (Å²) in [6.45, 7) is 5.82. The molecule has 0 bridgehead atoms. The molecule has 1 heterocycles. The molecule has 0 atom stereocenters. The summed E-state index contributed by atoms with van der Waals surface area (Å²) in [5.41, 5.74) is 0. The van der Waals surface area contributed by atoms with Gasteiger partial charge in [0, 0.05) is 0 Å². The molecule has 0 aromatic carbocycles. The zero-order valence-corrected chi connectivity index (χ0v) is 9.31. The van der Waals surface area contributed by atoms with E-state index in [2.05, 4.69) is 15.0 Å². The first-order valence-corrected chi connectivity index (χ1v) is 4.94. The second-order valence-corrected chi connectivity index (χ2v) is 2.91. The lowest BCUT2D eigenvalue weighted by atomic mass is 10.4. The number of allylic oxidation sites excluding steroid dienone is 3. The molecule has 0 fully saturated rings. The summed E-state index contributed by atoms with van der Waals surface area (Å²) >= 11 is 0. The predicted octanol–water partition coefficient (Wildman–Crippen LogP) is 2.97. The lowest BCUT2D eigenvalue weighted by Crippen LogP contribution is -1.98. The van der Waals surface area contributed by atoms with Crippen molar-refractivity contribution >= 4 is 18.2 Å². The molecule has 3 nitrogen and oxygen atoms in total. The first-order valence-electron chi connectivity index (χ1n) is 4.94. The first kappa shape index (κ1) is 11.3. The van der Waals surface area contributed by atoms with Crippen LogP contribution in [0.1, 0.15) is 38.2 Å². The smallest absolute Gasteiger partial charge is 0.156 e. The first-order chi connectivity index (χ1) is 7.30. The van der Waals surface area contributed by atoms with Gasteiger partial charge in [-0.05, 0) is 39.0 Å². The molecule has 0 aliphatic rings. The van der Waals surface area contributed by atoms with Crippen molar-refractivity contribution in [1.29, 1.82) is 0 Å². The average molecular weight is 201 g/mol. The number of hydrogen-bond donors (Lipinski definition) is 0. The molecule has 0 radical (unpaired) electrons. The van der Waals surface area contributed by atoms with Crippen molar-refractivity contribution in [3.63, 3.8) is 0 Å². The normalized spacial score (nSPS) is 12.2. The maximum Gasteiger partial charge on any atom is 0.156 e. The van der Waals surface area contributed by atoms with Crippen LogP contribution < -0.4 is 0 Å². The van der Waals surface area contributed by atoms with E-state index in [1.165, 1.54) is 0 Å². The fraction of sp³-hybridized carbons (Fsp3) is 0.250. The summed E-state index contributed by atoms with van der Waals surface area (Å²) in [7, 11) is 0. The van der Waals surface area contributed by atoms with E-state index >= 15 is 0 Å². The Morgan fingerprint density at radius 1 is 0.600 bits per heavy atom. The molecule has 0 aliphatic carbocycles. The second-order valence-electron chi connectivity index (χ2n) is 2.91. The van der Waals surface area contributed by atoms with Crippen LogP contribution in [-0.4, -0.2) is 15.0 Å². The Kier molecular flexibility index (Phi) is 4.41. The number of rotatable bonds is 3. The van der Waals surface area contributed by atoms with Crippen LogP contribution in [0.4, 0.5) is 0 Å². The summed E-state index contributed by atoms with van der Waals surface area (Å²) in [6, 6.07) is 0. The third-order valence-electron chi connectivity index (χ3n) is 1.63. The van der Waals surface area contributed by atoms with Crippen molar-refractivity contribution in [1.82, 2.24) is 15.0 Å². The van der Waals surface area contributed by atoms with Gasteiger partial charge < -0.3 is 0 Å². The molecule has 3 heteroatoms. The molecular weight excluding hydrogens is 186 g/mol. The van der Waals surface area contributed by atoms with Crippen molar-refractivity contribution in [2.24, 2.45) is 0 Å². The highest BCUT2D eigenvalue weighted by Crippen LogP contribution is 2.02. The second kappa shape index (κ2) is 5.86. The Labute approximate surface area is 90.3 Å². The zero-order valence-electron chi connectivity index (χ0n) is 9.31. The third kappa shape index (κ3) is 3.46. The fourth-order valence-electron chi connectivity index (χ4n) is 1.10. The van der Waals surface area contributed by atoms with Gasteiger partial charge in [-0.3, -0.25) is 0 Å². The quantitative estimate of drug-likeness (QED) is 0.754. The van der Waals surface area contributed by atoms with Crippen molar-refractivity contribution < 1.29 is 0 Å². The van der Waals surface area contributed by atoms with Crippen LogP contribution in [0.2, 0.25) is 0 Å². The highest BCUT2D eigenvalue weighted by Gasteiger charge is 1.98. The molecule has 0 saturated heterocycles. The average Bonchev–Trinajstić information content (AvgIpc) is 2.19. The van der Waals surface area contributed by atoms with E-state index in [1.54, 1.807) is 0 Å². The lowest BCUT2D eigenvalue weighted by Gasteiger charge is -1.98. The van der Waals surface area contributed by atoms with E-state index in [4.69, 9.17) is 0 Å². The topological polar surface area (TPSA) is 38.7 Å². The molecule has 0 aliphatic heterocycles. The summed E-state index contributed by atoms with van der Waals surface area (Å²) in [5, 5.41) is 0. The molecule has 1 rings (SSSR count). The predicted molar refractivity (Wildman–Crippen MR) is 64.0 cm³/mol. The van der Waals surface area contributed by atoms with Gasteiger partial charge in [-0.15, -0.1) is 0 Å². The van der Waals surface area contributed by atoms with E-state index in [-0.39, 0.29) is 0 Å². The molecule has 0 spiro atoms. The van der Waals surface area contributed by atoms with Gasteiger partial charge in [0.15, 0.2) is 17.5 Å². The van der Waals surface area contributed by atoms with Gasteiger partial charge in [0.2, 0.25) is 0 Å². The van der Waals surface area contributed by atoms with E-state index in [0.717, 1.165) is 0 Å². The van der Waals surface area contributed by atoms with Gasteiger partial charge in [0.05, 0.1) is 0 Å². The zero-order chi connectivity index (χ0) is 11.1. The van der Waals surface area contributed by atoms with Crippen LogP contribution in [0.3, 0.4) is 0 Å². The molecule has 78 valence electrons. The van der Waals surface area contributed by atoms with Crippen LogP contribution >= 0.6 is 0 Å². The van der Waals surface area contributed by atoms with Crippen LogP contribution in [-0.2, 0) is 0 Å². The molecule has 1 aromatic heterocycles.